The van der Waals surface area contributed by atoms with Gasteiger partial charge >= 0.3 is 6.36 Å². The van der Waals surface area contributed by atoms with E-state index in [1.165, 1.54) is 23.5 Å². The Labute approximate surface area is 157 Å². The van der Waals surface area contributed by atoms with Gasteiger partial charge in [0.05, 0.1) is 18.2 Å². The molecule has 27 heavy (non-hydrogen) atoms. The van der Waals surface area contributed by atoms with Crippen molar-refractivity contribution in [3.8, 4) is 21.9 Å². The first-order valence-electron chi connectivity index (χ1n) is 7.68. The minimum Gasteiger partial charge on any atom is -0.497 e. The largest absolute Gasteiger partial charge is 0.573 e. The third-order valence-corrected chi connectivity index (χ3v) is 4.32. The zero-order valence-electron chi connectivity index (χ0n) is 14.0. The fraction of sp³-hybridized carbons (Fsp3) is 0.111. The summed E-state index contributed by atoms with van der Waals surface area (Å²) < 4.78 is 45.5. The van der Waals surface area contributed by atoms with E-state index >= 15 is 0 Å². The van der Waals surface area contributed by atoms with Gasteiger partial charge in [-0.05, 0) is 59.7 Å². The molecule has 140 valence electrons. The second kappa shape index (κ2) is 8.09. The third kappa shape index (κ3) is 5.45. The average molecular weight is 393 g/mol. The lowest BCUT2D eigenvalue weighted by molar-refractivity contribution is -0.274. The topological polar surface area (TPSA) is 55.7 Å². The number of halogens is 3. The number of ether oxygens (including phenoxy) is 2. The van der Waals surface area contributed by atoms with Crippen LogP contribution in [-0.2, 0) is 0 Å². The fourth-order valence-electron chi connectivity index (χ4n) is 2.13. The van der Waals surface area contributed by atoms with Crippen molar-refractivity contribution in [1.82, 2.24) is 4.98 Å². The van der Waals surface area contributed by atoms with Crippen LogP contribution in [0.5, 0.6) is 11.5 Å². The molecule has 0 bridgehead atoms. The maximum absolute atomic E-state index is 12.2. The van der Waals surface area contributed by atoms with Gasteiger partial charge < -0.3 is 9.47 Å². The van der Waals surface area contributed by atoms with Gasteiger partial charge in [-0.2, -0.15) is 5.10 Å². The molecule has 0 aliphatic heterocycles. The number of benzene rings is 2. The highest BCUT2D eigenvalue weighted by Gasteiger charge is 2.30. The van der Waals surface area contributed by atoms with Crippen LogP contribution < -0.4 is 14.9 Å². The molecule has 3 aromatic rings. The van der Waals surface area contributed by atoms with E-state index in [0.29, 0.717) is 5.13 Å². The molecular formula is C18H14F3N3O2S. The van der Waals surface area contributed by atoms with Crippen LogP contribution >= 0.6 is 11.3 Å². The number of aromatic nitrogens is 1. The number of hydrogen-bond acceptors (Lipinski definition) is 6. The Kier molecular flexibility index (Phi) is 5.60. The van der Waals surface area contributed by atoms with E-state index in [4.69, 9.17) is 4.74 Å². The lowest BCUT2D eigenvalue weighted by Gasteiger charge is -2.08. The molecule has 3 rings (SSSR count). The molecule has 0 spiro atoms. The van der Waals surface area contributed by atoms with Crippen molar-refractivity contribution in [2.24, 2.45) is 5.10 Å². The van der Waals surface area contributed by atoms with Crippen molar-refractivity contribution in [3.63, 3.8) is 0 Å². The van der Waals surface area contributed by atoms with Crippen LogP contribution in [0.4, 0.5) is 18.3 Å². The van der Waals surface area contributed by atoms with Crippen molar-refractivity contribution in [2.75, 3.05) is 12.5 Å². The summed E-state index contributed by atoms with van der Waals surface area (Å²) in [5, 5.41) is 4.68. The Balaban J connectivity index is 1.61. The number of methoxy groups -OCH3 is 1. The van der Waals surface area contributed by atoms with Crippen LogP contribution in [0.15, 0.2) is 59.8 Å². The zero-order valence-corrected chi connectivity index (χ0v) is 14.8. The fourth-order valence-corrected chi connectivity index (χ4v) is 2.90. The Hall–Kier alpha value is -3.07. The minimum atomic E-state index is -4.70. The summed E-state index contributed by atoms with van der Waals surface area (Å²) in [5.74, 6) is 0.495. The molecule has 0 fully saturated rings. The molecular weight excluding hydrogens is 379 g/mol. The van der Waals surface area contributed by atoms with Crippen molar-refractivity contribution in [2.45, 2.75) is 6.36 Å². The molecule has 9 heteroatoms. The maximum atomic E-state index is 12.2. The number of thiazole rings is 1. The quantitative estimate of drug-likeness (QED) is 0.464. The molecule has 5 nitrogen and oxygen atoms in total. The lowest BCUT2D eigenvalue weighted by atomic mass is 10.2. The summed E-state index contributed by atoms with van der Waals surface area (Å²) in [6.45, 7) is 0. The number of alkyl halides is 3. The average Bonchev–Trinajstić information content (AvgIpc) is 3.10. The van der Waals surface area contributed by atoms with Gasteiger partial charge in [-0.15, -0.1) is 13.2 Å². The lowest BCUT2D eigenvalue weighted by Crippen LogP contribution is -2.16. The van der Waals surface area contributed by atoms with Crippen LogP contribution in [0.3, 0.4) is 0 Å². The zero-order chi connectivity index (χ0) is 19.3. The summed E-state index contributed by atoms with van der Waals surface area (Å²) in [5.41, 5.74) is 4.45. The second-order valence-corrected chi connectivity index (χ2v) is 6.28. The van der Waals surface area contributed by atoms with E-state index in [1.54, 1.807) is 31.7 Å². The molecule has 0 aliphatic rings. The number of nitrogens with zero attached hydrogens (tertiary/aromatic N) is 2. The first-order valence-corrected chi connectivity index (χ1v) is 8.50. The van der Waals surface area contributed by atoms with E-state index in [1.807, 2.05) is 24.3 Å². The van der Waals surface area contributed by atoms with E-state index < -0.39 is 6.36 Å². The van der Waals surface area contributed by atoms with Gasteiger partial charge in [0.15, 0.2) is 0 Å². The molecule has 0 unspecified atom stereocenters. The van der Waals surface area contributed by atoms with Gasteiger partial charge in [-0.1, -0.05) is 11.3 Å². The third-order valence-electron chi connectivity index (χ3n) is 3.37. The van der Waals surface area contributed by atoms with E-state index in [2.05, 4.69) is 20.2 Å². The van der Waals surface area contributed by atoms with Gasteiger partial charge in [0.25, 0.3) is 0 Å². The number of hydrogen-bond donors (Lipinski definition) is 1. The summed E-state index contributed by atoms with van der Waals surface area (Å²) >= 11 is 1.33. The van der Waals surface area contributed by atoms with Crippen molar-refractivity contribution >= 4 is 22.7 Å². The Bertz CT molecular complexity index is 907. The second-order valence-electron chi connectivity index (χ2n) is 5.25. The molecule has 1 N–H and O–H groups in total. The van der Waals surface area contributed by atoms with Gasteiger partial charge in [0.1, 0.15) is 11.5 Å². The van der Waals surface area contributed by atoms with E-state index in [-0.39, 0.29) is 5.75 Å². The Morgan fingerprint density at radius 1 is 1.04 bits per heavy atom. The summed E-state index contributed by atoms with van der Waals surface area (Å²) in [6, 6.07) is 13.0. The first-order chi connectivity index (χ1) is 12.9. The molecule has 2 aromatic carbocycles. The normalized spacial score (nSPS) is 11.6. The van der Waals surface area contributed by atoms with Crippen LogP contribution in [0.2, 0.25) is 0 Å². The van der Waals surface area contributed by atoms with Crippen molar-refractivity contribution in [3.05, 3.63) is 60.3 Å². The maximum Gasteiger partial charge on any atom is 0.573 e. The SMILES string of the molecule is COc1ccc(/C=N/Nc2ncc(-c3ccc(OC(F)(F)F)cc3)s2)cc1. The van der Waals surface area contributed by atoms with E-state index in [0.717, 1.165) is 21.8 Å². The smallest absolute Gasteiger partial charge is 0.497 e. The van der Waals surface area contributed by atoms with Crippen molar-refractivity contribution in [1.29, 1.82) is 0 Å². The highest BCUT2D eigenvalue weighted by atomic mass is 32.1. The molecule has 0 aliphatic carbocycles. The van der Waals surface area contributed by atoms with Crippen LogP contribution in [-0.4, -0.2) is 24.7 Å². The molecule has 0 saturated heterocycles. The molecule has 0 amide bonds. The van der Waals surface area contributed by atoms with Gasteiger partial charge in [-0.25, -0.2) is 4.98 Å². The summed E-state index contributed by atoms with van der Waals surface area (Å²) in [7, 11) is 1.60. The van der Waals surface area contributed by atoms with Crippen LogP contribution in [0.25, 0.3) is 10.4 Å². The number of rotatable bonds is 6. The van der Waals surface area contributed by atoms with Crippen LogP contribution in [0, 0.1) is 0 Å². The Morgan fingerprint density at radius 2 is 1.70 bits per heavy atom. The predicted molar refractivity (Wildman–Crippen MR) is 98.4 cm³/mol. The highest BCUT2D eigenvalue weighted by Crippen LogP contribution is 2.31. The van der Waals surface area contributed by atoms with E-state index in [9.17, 15) is 13.2 Å². The highest BCUT2D eigenvalue weighted by molar-refractivity contribution is 7.18. The molecule has 1 aromatic heterocycles. The van der Waals surface area contributed by atoms with Gasteiger partial charge in [-0.3, -0.25) is 5.43 Å². The van der Waals surface area contributed by atoms with Gasteiger partial charge in [0.2, 0.25) is 5.13 Å². The number of hydrazone groups is 1. The number of nitrogens with one attached hydrogen (secondary N) is 1. The molecule has 0 saturated carbocycles. The minimum absolute atomic E-state index is 0.266. The molecule has 0 atom stereocenters. The predicted octanol–water partition coefficient (Wildman–Crippen LogP) is 5.16. The molecule has 1 heterocycles. The van der Waals surface area contributed by atoms with Crippen molar-refractivity contribution < 1.29 is 22.6 Å². The Morgan fingerprint density at radius 3 is 2.33 bits per heavy atom. The summed E-state index contributed by atoms with van der Waals surface area (Å²) in [6.07, 6.45) is -1.44. The van der Waals surface area contributed by atoms with Gasteiger partial charge in [0, 0.05) is 6.20 Å². The monoisotopic (exact) mass is 393 g/mol. The molecule has 0 radical (unpaired) electrons. The summed E-state index contributed by atoms with van der Waals surface area (Å²) in [4.78, 5) is 4.98. The number of anilines is 1. The standard InChI is InChI=1S/C18H14F3N3O2S/c1-25-14-6-2-12(3-7-14)10-23-24-17-22-11-16(27-17)13-4-8-15(9-5-13)26-18(19,20)21/h2-11H,1H3,(H,22,24)/b23-10+. The van der Waals surface area contributed by atoms with Crippen LogP contribution in [0.1, 0.15) is 5.56 Å². The first kappa shape index (κ1) is 18.7.